The molecule has 3 aromatic rings. The van der Waals surface area contributed by atoms with Gasteiger partial charge < -0.3 is 15.1 Å². The fourth-order valence-electron chi connectivity index (χ4n) is 2.00. The van der Waals surface area contributed by atoms with Gasteiger partial charge in [0.15, 0.2) is 11.5 Å². The van der Waals surface area contributed by atoms with Gasteiger partial charge in [0.2, 0.25) is 0 Å². The number of carbonyl (C=O) groups is 1. The van der Waals surface area contributed by atoms with Crippen molar-refractivity contribution in [2.75, 3.05) is 10.6 Å². The van der Waals surface area contributed by atoms with E-state index in [-0.39, 0.29) is 5.69 Å². The number of benzene rings is 2. The molecule has 22 heavy (non-hydrogen) atoms. The number of aryl methyl sites for hydroxylation is 1. The normalized spacial score (nSPS) is 10.7. The van der Waals surface area contributed by atoms with Gasteiger partial charge >= 0.3 is 6.03 Å². The Morgan fingerprint density at radius 1 is 1.14 bits per heavy atom. The van der Waals surface area contributed by atoms with Crippen molar-refractivity contribution >= 4 is 28.5 Å². The number of amides is 2. The van der Waals surface area contributed by atoms with Crippen molar-refractivity contribution in [1.29, 1.82) is 0 Å². The molecule has 0 saturated heterocycles. The Labute approximate surface area is 124 Å². The second kappa shape index (κ2) is 5.44. The predicted octanol–water partition coefficient (Wildman–Crippen LogP) is 4.06. The Bertz CT molecular complexity index is 861. The van der Waals surface area contributed by atoms with Crippen LogP contribution >= 0.6 is 0 Å². The largest absolute Gasteiger partial charge is 0.441 e. The van der Waals surface area contributed by atoms with Crippen molar-refractivity contribution < 1.29 is 18.0 Å². The third-order valence-corrected chi connectivity index (χ3v) is 2.93. The fraction of sp³-hybridized carbons (Fsp3) is 0.0667. The minimum absolute atomic E-state index is 0.114. The minimum Gasteiger partial charge on any atom is -0.441 e. The molecule has 0 atom stereocenters. The lowest BCUT2D eigenvalue weighted by atomic mass is 10.3. The summed E-state index contributed by atoms with van der Waals surface area (Å²) in [7, 11) is 0. The number of halogens is 2. The van der Waals surface area contributed by atoms with E-state index in [1.165, 1.54) is 0 Å². The molecular formula is C15H11F2N3O2. The molecule has 2 N–H and O–H groups in total. The van der Waals surface area contributed by atoms with E-state index >= 15 is 0 Å². The topological polar surface area (TPSA) is 67.2 Å². The van der Waals surface area contributed by atoms with Gasteiger partial charge in [0, 0.05) is 18.7 Å². The summed E-state index contributed by atoms with van der Waals surface area (Å²) in [4.78, 5) is 16.0. The summed E-state index contributed by atoms with van der Waals surface area (Å²) in [6.07, 6.45) is 0. The molecule has 112 valence electrons. The summed E-state index contributed by atoms with van der Waals surface area (Å²) in [6, 6.07) is 7.19. The van der Waals surface area contributed by atoms with Gasteiger partial charge in [-0.05, 0) is 30.3 Å². The van der Waals surface area contributed by atoms with Crippen molar-refractivity contribution in [2.45, 2.75) is 6.92 Å². The maximum absolute atomic E-state index is 13.5. The number of urea groups is 1. The van der Waals surface area contributed by atoms with E-state index in [9.17, 15) is 13.6 Å². The monoisotopic (exact) mass is 303 g/mol. The third kappa shape index (κ3) is 2.88. The lowest BCUT2D eigenvalue weighted by Crippen LogP contribution is -2.20. The number of anilines is 2. The van der Waals surface area contributed by atoms with Crippen LogP contribution in [0.2, 0.25) is 0 Å². The summed E-state index contributed by atoms with van der Waals surface area (Å²) in [5.74, 6) is -1.04. The van der Waals surface area contributed by atoms with E-state index in [1.807, 2.05) is 0 Å². The molecule has 0 aliphatic heterocycles. The van der Waals surface area contributed by atoms with Crippen molar-refractivity contribution in [3.8, 4) is 0 Å². The highest BCUT2D eigenvalue weighted by Crippen LogP contribution is 2.20. The number of nitrogens with one attached hydrogen (secondary N) is 2. The highest BCUT2D eigenvalue weighted by Gasteiger charge is 2.09. The number of oxazole rings is 1. The van der Waals surface area contributed by atoms with E-state index in [0.717, 1.165) is 12.1 Å². The average Bonchev–Trinajstić information content (AvgIpc) is 2.81. The van der Waals surface area contributed by atoms with Crippen molar-refractivity contribution in [2.24, 2.45) is 0 Å². The molecule has 1 aromatic heterocycles. The third-order valence-electron chi connectivity index (χ3n) is 2.93. The number of fused-ring (bicyclic) bond motifs is 1. The first kappa shape index (κ1) is 14.0. The van der Waals surface area contributed by atoms with E-state index in [0.29, 0.717) is 28.7 Å². The molecule has 0 radical (unpaired) electrons. The SMILES string of the molecule is Cc1nc2cc(NC(=O)Nc3ccc(F)cc3F)ccc2o1. The summed E-state index contributed by atoms with van der Waals surface area (Å²) >= 11 is 0. The van der Waals surface area contributed by atoms with Crippen LogP contribution in [0.15, 0.2) is 40.8 Å². The summed E-state index contributed by atoms with van der Waals surface area (Å²) in [5.41, 5.74) is 1.56. The van der Waals surface area contributed by atoms with Gasteiger partial charge in [-0.25, -0.2) is 18.6 Å². The highest BCUT2D eigenvalue weighted by molar-refractivity contribution is 6.00. The molecule has 0 bridgehead atoms. The van der Waals surface area contributed by atoms with Crippen LogP contribution in [0.4, 0.5) is 25.0 Å². The van der Waals surface area contributed by atoms with Crippen LogP contribution in [-0.4, -0.2) is 11.0 Å². The lowest BCUT2D eigenvalue weighted by Gasteiger charge is -2.08. The maximum Gasteiger partial charge on any atom is 0.323 e. The van der Waals surface area contributed by atoms with Gasteiger partial charge in [0.1, 0.15) is 17.2 Å². The Balaban J connectivity index is 1.74. The Morgan fingerprint density at radius 3 is 2.73 bits per heavy atom. The molecule has 0 fully saturated rings. The van der Waals surface area contributed by atoms with Gasteiger partial charge in [-0.3, -0.25) is 0 Å². The first-order valence-electron chi connectivity index (χ1n) is 6.41. The molecule has 0 saturated carbocycles. The van der Waals surface area contributed by atoms with E-state index in [2.05, 4.69) is 15.6 Å². The summed E-state index contributed by atoms with van der Waals surface area (Å²) in [5, 5.41) is 4.85. The molecule has 2 amide bonds. The molecule has 0 unspecified atom stereocenters. The molecular weight excluding hydrogens is 292 g/mol. The van der Waals surface area contributed by atoms with Crippen LogP contribution in [-0.2, 0) is 0 Å². The van der Waals surface area contributed by atoms with E-state index in [4.69, 9.17) is 4.42 Å². The number of carbonyl (C=O) groups excluding carboxylic acids is 1. The van der Waals surface area contributed by atoms with Gasteiger partial charge in [-0.1, -0.05) is 0 Å². The Hall–Kier alpha value is -2.96. The smallest absolute Gasteiger partial charge is 0.323 e. The second-order valence-corrected chi connectivity index (χ2v) is 4.62. The van der Waals surface area contributed by atoms with Gasteiger partial charge in [0.25, 0.3) is 0 Å². The van der Waals surface area contributed by atoms with Crippen LogP contribution in [0.3, 0.4) is 0 Å². The van der Waals surface area contributed by atoms with Crippen LogP contribution in [0.5, 0.6) is 0 Å². The zero-order valence-electron chi connectivity index (χ0n) is 11.5. The number of aromatic nitrogens is 1. The number of rotatable bonds is 2. The molecule has 3 rings (SSSR count). The first-order valence-corrected chi connectivity index (χ1v) is 6.41. The van der Waals surface area contributed by atoms with Gasteiger partial charge in [0.05, 0.1) is 5.69 Å². The molecule has 1 heterocycles. The number of nitrogens with zero attached hydrogens (tertiary/aromatic N) is 1. The zero-order valence-corrected chi connectivity index (χ0v) is 11.5. The van der Waals surface area contributed by atoms with E-state index < -0.39 is 17.7 Å². The zero-order chi connectivity index (χ0) is 15.7. The first-order chi connectivity index (χ1) is 10.5. The van der Waals surface area contributed by atoms with Gasteiger partial charge in [-0.15, -0.1) is 0 Å². The lowest BCUT2D eigenvalue weighted by molar-refractivity contribution is 0.262. The quantitative estimate of drug-likeness (QED) is 0.750. The van der Waals surface area contributed by atoms with Crippen LogP contribution in [0.1, 0.15) is 5.89 Å². The molecule has 0 aliphatic rings. The molecule has 7 heteroatoms. The van der Waals surface area contributed by atoms with Crippen molar-refractivity contribution in [1.82, 2.24) is 4.98 Å². The highest BCUT2D eigenvalue weighted by atomic mass is 19.1. The van der Waals surface area contributed by atoms with Crippen LogP contribution in [0, 0.1) is 18.6 Å². The number of hydrogen-bond acceptors (Lipinski definition) is 3. The maximum atomic E-state index is 13.5. The molecule has 5 nitrogen and oxygen atoms in total. The van der Waals surface area contributed by atoms with Crippen molar-refractivity contribution in [3.05, 3.63) is 53.9 Å². The summed E-state index contributed by atoms with van der Waals surface area (Å²) < 4.78 is 31.6. The summed E-state index contributed by atoms with van der Waals surface area (Å²) in [6.45, 7) is 1.72. The average molecular weight is 303 g/mol. The standard InChI is InChI=1S/C15H11F2N3O2/c1-8-18-13-7-10(3-5-14(13)22-8)19-15(21)20-12-4-2-9(16)6-11(12)17/h2-7H,1H3,(H2,19,20,21). The Kier molecular flexibility index (Phi) is 3.46. The van der Waals surface area contributed by atoms with Crippen molar-refractivity contribution in [3.63, 3.8) is 0 Å². The second-order valence-electron chi connectivity index (χ2n) is 4.62. The van der Waals surface area contributed by atoms with E-state index in [1.54, 1.807) is 25.1 Å². The predicted molar refractivity (Wildman–Crippen MR) is 77.7 cm³/mol. The number of hydrogen-bond donors (Lipinski definition) is 2. The van der Waals surface area contributed by atoms with Gasteiger partial charge in [-0.2, -0.15) is 0 Å². The fourth-order valence-corrected chi connectivity index (χ4v) is 2.00. The Morgan fingerprint density at radius 2 is 1.95 bits per heavy atom. The molecule has 0 spiro atoms. The van der Waals surface area contributed by atoms with Crippen LogP contribution < -0.4 is 10.6 Å². The molecule has 0 aliphatic carbocycles. The molecule has 2 aromatic carbocycles. The van der Waals surface area contributed by atoms with Crippen LogP contribution in [0.25, 0.3) is 11.1 Å². The minimum atomic E-state index is -0.849.